The minimum absolute atomic E-state index is 0.0231. The Balaban J connectivity index is 2.83. The molecule has 4 heteroatoms. The van der Waals surface area contributed by atoms with Crippen LogP contribution in [0, 0.1) is 0 Å². The van der Waals surface area contributed by atoms with Crippen molar-refractivity contribution in [1.82, 2.24) is 0 Å². The molecule has 2 nitrogen and oxygen atoms in total. The number of carbonyl (C=O) groups is 1. The SMILES string of the molecule is O=C1CCCCC1=C(O)C(Cl)Cl. The number of halogens is 2. The van der Waals surface area contributed by atoms with Crippen molar-refractivity contribution in [3.63, 3.8) is 0 Å². The molecule has 0 spiro atoms. The average Bonchev–Trinajstić information content (AvgIpc) is 2.04. The van der Waals surface area contributed by atoms with Crippen LogP contribution in [0.3, 0.4) is 0 Å². The third kappa shape index (κ3) is 2.14. The van der Waals surface area contributed by atoms with E-state index in [0.29, 0.717) is 18.4 Å². The molecular weight excluding hydrogens is 199 g/mol. The number of aliphatic hydroxyl groups is 1. The van der Waals surface area contributed by atoms with E-state index in [1.54, 1.807) is 0 Å². The van der Waals surface area contributed by atoms with E-state index >= 15 is 0 Å². The summed E-state index contributed by atoms with van der Waals surface area (Å²) in [5.74, 6) is -0.187. The van der Waals surface area contributed by atoms with Gasteiger partial charge >= 0.3 is 0 Å². The Bertz CT molecular complexity index is 221. The predicted molar refractivity (Wildman–Crippen MR) is 48.6 cm³/mol. The van der Waals surface area contributed by atoms with Crippen LogP contribution >= 0.6 is 23.2 Å². The second kappa shape index (κ2) is 4.15. The number of hydrogen-bond donors (Lipinski definition) is 1. The number of rotatable bonds is 1. The topological polar surface area (TPSA) is 37.3 Å². The van der Waals surface area contributed by atoms with Crippen LogP contribution in [-0.2, 0) is 4.79 Å². The van der Waals surface area contributed by atoms with E-state index in [1.165, 1.54) is 0 Å². The van der Waals surface area contributed by atoms with Crippen molar-refractivity contribution in [2.45, 2.75) is 30.5 Å². The maximum atomic E-state index is 11.2. The van der Waals surface area contributed by atoms with Gasteiger partial charge in [0.2, 0.25) is 0 Å². The van der Waals surface area contributed by atoms with Crippen LogP contribution in [0.15, 0.2) is 11.3 Å². The molecule has 1 rings (SSSR count). The zero-order valence-corrected chi connectivity index (χ0v) is 8.03. The number of ketones is 1. The highest BCUT2D eigenvalue weighted by molar-refractivity contribution is 6.46. The molecule has 1 N–H and O–H groups in total. The monoisotopic (exact) mass is 208 g/mol. The quantitative estimate of drug-likeness (QED) is 0.409. The van der Waals surface area contributed by atoms with Gasteiger partial charge < -0.3 is 5.11 Å². The van der Waals surface area contributed by atoms with Crippen molar-refractivity contribution in [1.29, 1.82) is 0 Å². The zero-order chi connectivity index (χ0) is 9.14. The second-order valence-corrected chi connectivity index (χ2v) is 3.89. The number of Topliss-reactive ketones (excluding diaryl/α,β-unsaturated/α-hetero) is 1. The summed E-state index contributed by atoms with van der Waals surface area (Å²) in [7, 11) is 0. The molecule has 0 aromatic carbocycles. The minimum atomic E-state index is -0.970. The Labute approximate surface area is 81.2 Å². The van der Waals surface area contributed by atoms with Gasteiger partial charge in [0.15, 0.2) is 10.6 Å². The summed E-state index contributed by atoms with van der Waals surface area (Å²) >= 11 is 10.9. The Hall–Kier alpha value is -0.210. The van der Waals surface area contributed by atoms with Crippen LogP contribution < -0.4 is 0 Å². The molecule has 12 heavy (non-hydrogen) atoms. The molecule has 0 amide bonds. The van der Waals surface area contributed by atoms with Crippen molar-refractivity contribution in [2.75, 3.05) is 0 Å². The molecule has 0 aromatic rings. The first-order valence-electron chi connectivity index (χ1n) is 3.86. The summed E-state index contributed by atoms with van der Waals surface area (Å²) in [6.45, 7) is 0. The maximum absolute atomic E-state index is 11.2. The molecule has 0 atom stereocenters. The third-order valence-corrected chi connectivity index (χ3v) is 2.35. The molecule has 0 saturated heterocycles. The molecule has 1 aliphatic rings. The van der Waals surface area contributed by atoms with Crippen molar-refractivity contribution >= 4 is 29.0 Å². The minimum Gasteiger partial charge on any atom is -0.509 e. The highest BCUT2D eigenvalue weighted by Crippen LogP contribution is 2.25. The summed E-state index contributed by atoms with van der Waals surface area (Å²) in [5, 5.41) is 9.32. The van der Waals surface area contributed by atoms with E-state index in [-0.39, 0.29) is 11.5 Å². The fourth-order valence-electron chi connectivity index (χ4n) is 1.28. The highest BCUT2D eigenvalue weighted by Gasteiger charge is 2.21. The molecule has 1 fully saturated rings. The lowest BCUT2D eigenvalue weighted by atomic mass is 9.93. The second-order valence-electron chi connectivity index (χ2n) is 2.79. The number of allylic oxidation sites excluding steroid dienone is 2. The fraction of sp³-hybridized carbons (Fsp3) is 0.625. The van der Waals surface area contributed by atoms with Crippen molar-refractivity contribution < 1.29 is 9.90 Å². The number of carbonyl (C=O) groups excluding carboxylic acids is 1. The smallest absolute Gasteiger partial charge is 0.164 e. The van der Waals surface area contributed by atoms with E-state index in [1.807, 2.05) is 0 Å². The fourth-order valence-corrected chi connectivity index (χ4v) is 1.54. The molecule has 0 aromatic heterocycles. The summed E-state index contributed by atoms with van der Waals surface area (Å²) in [4.78, 5) is 10.2. The first-order chi connectivity index (χ1) is 5.63. The van der Waals surface area contributed by atoms with Gasteiger partial charge in [0.25, 0.3) is 0 Å². The van der Waals surface area contributed by atoms with Crippen LogP contribution in [-0.4, -0.2) is 15.7 Å². The van der Waals surface area contributed by atoms with Crippen molar-refractivity contribution in [2.24, 2.45) is 0 Å². The van der Waals surface area contributed by atoms with E-state index < -0.39 is 4.84 Å². The first kappa shape index (κ1) is 9.87. The van der Waals surface area contributed by atoms with Crippen LogP contribution in [0.2, 0.25) is 0 Å². The van der Waals surface area contributed by atoms with Gasteiger partial charge in [-0.15, -0.1) is 0 Å². The van der Waals surface area contributed by atoms with Crippen LogP contribution in [0.1, 0.15) is 25.7 Å². The lowest BCUT2D eigenvalue weighted by molar-refractivity contribution is -0.116. The van der Waals surface area contributed by atoms with Gasteiger partial charge in [-0.2, -0.15) is 0 Å². The van der Waals surface area contributed by atoms with Gasteiger partial charge in [-0.25, -0.2) is 0 Å². The van der Waals surface area contributed by atoms with E-state index in [0.717, 1.165) is 12.8 Å². The lowest BCUT2D eigenvalue weighted by Crippen LogP contribution is -2.13. The maximum Gasteiger partial charge on any atom is 0.164 e. The van der Waals surface area contributed by atoms with Gasteiger partial charge in [-0.05, 0) is 19.3 Å². The van der Waals surface area contributed by atoms with Gasteiger partial charge in [0.1, 0.15) is 5.76 Å². The van der Waals surface area contributed by atoms with Crippen LogP contribution in [0.5, 0.6) is 0 Å². The van der Waals surface area contributed by atoms with E-state index in [9.17, 15) is 9.90 Å². The van der Waals surface area contributed by atoms with E-state index in [2.05, 4.69) is 0 Å². The normalized spacial score (nSPS) is 23.1. The molecule has 0 aliphatic heterocycles. The molecule has 0 unspecified atom stereocenters. The largest absolute Gasteiger partial charge is 0.509 e. The van der Waals surface area contributed by atoms with Gasteiger partial charge in [0, 0.05) is 12.0 Å². The molecule has 68 valence electrons. The summed E-state index contributed by atoms with van der Waals surface area (Å²) in [5.41, 5.74) is 0.413. The van der Waals surface area contributed by atoms with E-state index in [4.69, 9.17) is 23.2 Å². The lowest BCUT2D eigenvalue weighted by Gasteiger charge is -2.14. The average molecular weight is 209 g/mol. The molecule has 0 radical (unpaired) electrons. The summed E-state index contributed by atoms with van der Waals surface area (Å²) < 4.78 is 0. The van der Waals surface area contributed by atoms with Crippen LogP contribution in [0.4, 0.5) is 0 Å². The van der Waals surface area contributed by atoms with Crippen molar-refractivity contribution in [3.8, 4) is 0 Å². The van der Waals surface area contributed by atoms with Gasteiger partial charge in [-0.3, -0.25) is 4.79 Å². The molecular formula is C8H10Cl2O2. The standard InChI is InChI=1S/C8H10Cl2O2/c9-8(10)7(12)5-3-1-2-4-6(5)11/h8,12H,1-4H2. The summed E-state index contributed by atoms with van der Waals surface area (Å²) in [6.07, 6.45) is 2.91. The number of aliphatic hydroxyl groups excluding tert-OH is 1. The van der Waals surface area contributed by atoms with Gasteiger partial charge in [-0.1, -0.05) is 23.2 Å². The molecule has 0 bridgehead atoms. The summed E-state index contributed by atoms with van der Waals surface area (Å²) in [6, 6.07) is 0. The Morgan fingerprint density at radius 1 is 1.33 bits per heavy atom. The number of alkyl halides is 2. The predicted octanol–water partition coefficient (Wildman–Crippen LogP) is 2.75. The Morgan fingerprint density at radius 2 is 1.92 bits per heavy atom. The molecule has 1 aliphatic carbocycles. The molecule has 1 saturated carbocycles. The Morgan fingerprint density at radius 3 is 2.42 bits per heavy atom. The van der Waals surface area contributed by atoms with Gasteiger partial charge in [0.05, 0.1) is 0 Å². The zero-order valence-electron chi connectivity index (χ0n) is 6.52. The third-order valence-electron chi connectivity index (χ3n) is 1.93. The van der Waals surface area contributed by atoms with Crippen LogP contribution in [0.25, 0.3) is 0 Å². The number of hydrogen-bond acceptors (Lipinski definition) is 2. The van der Waals surface area contributed by atoms with Crippen molar-refractivity contribution in [3.05, 3.63) is 11.3 Å². The first-order valence-corrected chi connectivity index (χ1v) is 4.73. The Kier molecular flexibility index (Phi) is 3.41. The highest BCUT2D eigenvalue weighted by atomic mass is 35.5. The molecule has 0 heterocycles.